The summed E-state index contributed by atoms with van der Waals surface area (Å²) in [6.45, 7) is 8.10. The van der Waals surface area contributed by atoms with Gasteiger partial charge in [-0.05, 0) is 46.6 Å². The van der Waals surface area contributed by atoms with Gasteiger partial charge in [0.1, 0.15) is 5.60 Å². The average molecular weight is 409 g/mol. The molecule has 1 saturated heterocycles. The highest BCUT2D eigenvalue weighted by atomic mass is 35.5. The van der Waals surface area contributed by atoms with Gasteiger partial charge in [0.05, 0.1) is 16.2 Å². The topological polar surface area (TPSA) is 86.4 Å². The highest BCUT2D eigenvalue weighted by Gasteiger charge is 2.29. The van der Waals surface area contributed by atoms with E-state index in [1.54, 1.807) is 17.9 Å². The number of aromatic nitrogens is 3. The Balaban J connectivity index is 1.95. The highest BCUT2D eigenvalue weighted by molar-refractivity contribution is 6.31. The van der Waals surface area contributed by atoms with E-state index in [9.17, 15) is 14.4 Å². The van der Waals surface area contributed by atoms with Crippen LogP contribution >= 0.6 is 11.6 Å². The second kappa shape index (κ2) is 7.24. The number of nitrogens with zero attached hydrogens (tertiary/aromatic N) is 4. The van der Waals surface area contributed by atoms with Gasteiger partial charge in [-0.1, -0.05) is 11.6 Å². The van der Waals surface area contributed by atoms with Crippen molar-refractivity contribution in [2.75, 3.05) is 13.1 Å². The summed E-state index contributed by atoms with van der Waals surface area (Å²) in [6, 6.07) is 1.43. The van der Waals surface area contributed by atoms with Crippen molar-refractivity contribution < 1.29 is 9.53 Å². The normalized spacial score (nSPS) is 15.9. The molecule has 0 bridgehead atoms. The van der Waals surface area contributed by atoms with E-state index in [4.69, 9.17) is 16.3 Å². The van der Waals surface area contributed by atoms with Crippen LogP contribution < -0.4 is 11.1 Å². The number of halogens is 1. The highest BCUT2D eigenvalue weighted by Crippen LogP contribution is 2.26. The fourth-order valence-corrected chi connectivity index (χ4v) is 3.55. The molecule has 1 fully saturated rings. The average Bonchev–Trinajstić information content (AvgIpc) is 2.61. The van der Waals surface area contributed by atoms with Gasteiger partial charge in [0, 0.05) is 26.2 Å². The Morgan fingerprint density at radius 1 is 1.21 bits per heavy atom. The van der Waals surface area contributed by atoms with Crippen molar-refractivity contribution in [3.05, 3.63) is 37.5 Å². The Kier molecular flexibility index (Phi) is 5.27. The van der Waals surface area contributed by atoms with Gasteiger partial charge in [0.2, 0.25) is 0 Å². The number of pyridine rings is 1. The SMILES string of the molecule is Cc1nc2c(cc1Cl)n(C)c(=O)c(=O)n2C1CCN(C(=O)OC(C)(C)C)CC1. The van der Waals surface area contributed by atoms with E-state index >= 15 is 0 Å². The summed E-state index contributed by atoms with van der Waals surface area (Å²) >= 11 is 6.17. The van der Waals surface area contributed by atoms with Crippen LogP contribution in [0.2, 0.25) is 5.02 Å². The standard InChI is InChI=1S/C19H25ClN4O4/c1-11-13(20)10-14-15(21-11)24(17(26)16(25)22(14)5)12-6-8-23(9-7-12)18(27)28-19(2,3)4/h10,12H,6-9H2,1-5H3. The molecular formula is C19H25ClN4O4. The lowest BCUT2D eigenvalue weighted by Crippen LogP contribution is -2.46. The van der Waals surface area contributed by atoms with E-state index in [1.807, 2.05) is 20.8 Å². The summed E-state index contributed by atoms with van der Waals surface area (Å²) in [5.74, 6) is 0. The van der Waals surface area contributed by atoms with Crippen molar-refractivity contribution in [3.8, 4) is 0 Å². The van der Waals surface area contributed by atoms with Gasteiger partial charge in [-0.2, -0.15) is 0 Å². The molecule has 2 aromatic heterocycles. The number of hydrogen-bond acceptors (Lipinski definition) is 5. The minimum Gasteiger partial charge on any atom is -0.444 e. The third-order valence-electron chi connectivity index (χ3n) is 4.89. The fraction of sp³-hybridized carbons (Fsp3) is 0.579. The molecule has 28 heavy (non-hydrogen) atoms. The van der Waals surface area contributed by atoms with Crippen LogP contribution in [0.4, 0.5) is 4.79 Å². The Hall–Kier alpha value is -2.35. The van der Waals surface area contributed by atoms with Crippen LogP contribution in [0.3, 0.4) is 0 Å². The number of fused-ring (bicyclic) bond motifs is 1. The summed E-state index contributed by atoms with van der Waals surface area (Å²) in [4.78, 5) is 43.6. The number of carbonyl (C=O) groups excluding carboxylic acids is 1. The Morgan fingerprint density at radius 3 is 2.39 bits per heavy atom. The quantitative estimate of drug-likeness (QED) is 0.677. The zero-order valence-electron chi connectivity index (χ0n) is 16.8. The van der Waals surface area contributed by atoms with E-state index in [1.165, 1.54) is 16.2 Å². The third kappa shape index (κ3) is 3.78. The zero-order valence-corrected chi connectivity index (χ0v) is 17.5. The summed E-state index contributed by atoms with van der Waals surface area (Å²) in [5, 5.41) is 0.437. The summed E-state index contributed by atoms with van der Waals surface area (Å²) in [7, 11) is 1.54. The first-order valence-corrected chi connectivity index (χ1v) is 9.63. The molecule has 152 valence electrons. The number of ether oxygens (including phenoxy) is 1. The number of likely N-dealkylation sites (tertiary alicyclic amines) is 1. The molecule has 9 heteroatoms. The Labute approximate surface area is 167 Å². The summed E-state index contributed by atoms with van der Waals surface area (Å²) < 4.78 is 8.16. The van der Waals surface area contributed by atoms with E-state index in [0.29, 0.717) is 47.8 Å². The summed E-state index contributed by atoms with van der Waals surface area (Å²) in [6.07, 6.45) is 0.697. The molecule has 0 aliphatic carbocycles. The van der Waals surface area contributed by atoms with Crippen LogP contribution in [0.25, 0.3) is 11.2 Å². The lowest BCUT2D eigenvalue weighted by atomic mass is 10.0. The Morgan fingerprint density at radius 2 is 1.82 bits per heavy atom. The predicted molar refractivity (Wildman–Crippen MR) is 107 cm³/mol. The number of carbonyl (C=O) groups is 1. The molecule has 2 aromatic rings. The molecule has 0 radical (unpaired) electrons. The first-order valence-electron chi connectivity index (χ1n) is 9.26. The van der Waals surface area contributed by atoms with Gasteiger partial charge in [0.15, 0.2) is 5.65 Å². The Bertz CT molecular complexity index is 1040. The molecule has 0 N–H and O–H groups in total. The van der Waals surface area contributed by atoms with Crippen molar-refractivity contribution in [1.29, 1.82) is 0 Å². The molecule has 3 rings (SSSR count). The van der Waals surface area contributed by atoms with Crippen molar-refractivity contribution in [2.24, 2.45) is 7.05 Å². The zero-order chi connectivity index (χ0) is 20.8. The lowest BCUT2D eigenvalue weighted by Gasteiger charge is -2.34. The number of amides is 1. The smallest absolute Gasteiger partial charge is 0.410 e. The molecule has 0 aromatic carbocycles. The maximum Gasteiger partial charge on any atom is 0.410 e. The van der Waals surface area contributed by atoms with Crippen LogP contribution in [0.15, 0.2) is 15.7 Å². The third-order valence-corrected chi connectivity index (χ3v) is 5.27. The van der Waals surface area contributed by atoms with Crippen LogP contribution in [-0.2, 0) is 11.8 Å². The second-order valence-electron chi connectivity index (χ2n) is 8.14. The molecule has 0 spiro atoms. The predicted octanol–water partition coefficient (Wildman–Crippen LogP) is 2.63. The number of piperidine rings is 1. The lowest BCUT2D eigenvalue weighted by molar-refractivity contribution is 0.0188. The van der Waals surface area contributed by atoms with Crippen LogP contribution in [0.1, 0.15) is 45.3 Å². The molecule has 0 saturated carbocycles. The van der Waals surface area contributed by atoms with Crippen LogP contribution in [0.5, 0.6) is 0 Å². The molecule has 8 nitrogen and oxygen atoms in total. The molecular weight excluding hydrogens is 384 g/mol. The van der Waals surface area contributed by atoms with Gasteiger partial charge >= 0.3 is 17.2 Å². The minimum absolute atomic E-state index is 0.226. The van der Waals surface area contributed by atoms with E-state index in [2.05, 4.69) is 4.98 Å². The monoisotopic (exact) mass is 408 g/mol. The first-order chi connectivity index (χ1) is 13.0. The van der Waals surface area contributed by atoms with Crippen LogP contribution in [-0.4, -0.2) is 43.8 Å². The van der Waals surface area contributed by atoms with Crippen molar-refractivity contribution in [2.45, 2.75) is 52.2 Å². The van der Waals surface area contributed by atoms with Crippen molar-refractivity contribution in [3.63, 3.8) is 0 Å². The molecule has 1 amide bonds. The molecule has 1 aliphatic rings. The van der Waals surface area contributed by atoms with Gasteiger partial charge in [-0.3, -0.25) is 14.2 Å². The van der Waals surface area contributed by atoms with Gasteiger partial charge in [0.25, 0.3) is 0 Å². The molecule has 0 unspecified atom stereocenters. The van der Waals surface area contributed by atoms with E-state index in [-0.39, 0.29) is 12.1 Å². The van der Waals surface area contributed by atoms with Crippen molar-refractivity contribution in [1.82, 2.24) is 19.0 Å². The number of hydrogen-bond donors (Lipinski definition) is 0. The molecule has 1 aliphatic heterocycles. The van der Waals surface area contributed by atoms with Gasteiger partial charge < -0.3 is 14.2 Å². The maximum atomic E-state index is 12.8. The fourth-order valence-electron chi connectivity index (χ4n) is 3.41. The number of rotatable bonds is 1. The van der Waals surface area contributed by atoms with Crippen LogP contribution in [0, 0.1) is 6.92 Å². The maximum absolute atomic E-state index is 12.8. The van der Waals surface area contributed by atoms with E-state index in [0.717, 1.165) is 0 Å². The molecule has 0 atom stereocenters. The largest absolute Gasteiger partial charge is 0.444 e. The van der Waals surface area contributed by atoms with Crippen molar-refractivity contribution >= 4 is 28.9 Å². The number of aryl methyl sites for hydroxylation is 2. The first kappa shape index (κ1) is 20.4. The second-order valence-corrected chi connectivity index (χ2v) is 8.54. The molecule has 3 heterocycles. The minimum atomic E-state index is -0.621. The summed E-state index contributed by atoms with van der Waals surface area (Å²) in [5.41, 5.74) is -0.261. The van der Waals surface area contributed by atoms with Gasteiger partial charge in [-0.25, -0.2) is 9.78 Å². The van der Waals surface area contributed by atoms with Gasteiger partial charge in [-0.15, -0.1) is 0 Å². The van der Waals surface area contributed by atoms with E-state index < -0.39 is 16.7 Å².